The first-order valence-corrected chi connectivity index (χ1v) is 3.86. The fourth-order valence-electron chi connectivity index (χ4n) is 0.995. The standard InChI is InChI=1S/C9H6F3NO2/c10-9(11,12)15-8-2-1-6(5-14)7(3-8)4-13/h1-3,14H,5H2. The van der Waals surface area contributed by atoms with Crippen LogP contribution in [-0.2, 0) is 6.61 Å². The first kappa shape index (κ1) is 11.3. The minimum atomic E-state index is -4.78. The summed E-state index contributed by atoms with van der Waals surface area (Å²) in [5, 5.41) is 17.3. The summed E-state index contributed by atoms with van der Waals surface area (Å²) < 4.78 is 39.0. The summed E-state index contributed by atoms with van der Waals surface area (Å²) in [4.78, 5) is 0. The Morgan fingerprint density at radius 3 is 2.53 bits per heavy atom. The van der Waals surface area contributed by atoms with E-state index in [4.69, 9.17) is 10.4 Å². The quantitative estimate of drug-likeness (QED) is 0.823. The molecule has 0 spiro atoms. The number of aliphatic hydroxyl groups is 1. The topological polar surface area (TPSA) is 53.2 Å². The van der Waals surface area contributed by atoms with Crippen molar-refractivity contribution in [3.05, 3.63) is 29.3 Å². The predicted octanol–water partition coefficient (Wildman–Crippen LogP) is 1.95. The van der Waals surface area contributed by atoms with Crippen molar-refractivity contribution in [2.45, 2.75) is 13.0 Å². The number of rotatable bonds is 2. The van der Waals surface area contributed by atoms with Crippen molar-refractivity contribution in [1.82, 2.24) is 0 Å². The van der Waals surface area contributed by atoms with Gasteiger partial charge in [-0.25, -0.2) is 0 Å². The normalized spacial score (nSPS) is 10.9. The Bertz CT molecular complexity index is 395. The van der Waals surface area contributed by atoms with Crippen LogP contribution in [0.15, 0.2) is 18.2 Å². The van der Waals surface area contributed by atoms with E-state index in [0.29, 0.717) is 0 Å². The molecule has 0 bridgehead atoms. The number of alkyl halides is 3. The molecule has 0 radical (unpaired) electrons. The van der Waals surface area contributed by atoms with Crippen LogP contribution in [0.4, 0.5) is 13.2 Å². The van der Waals surface area contributed by atoms with E-state index in [1.54, 1.807) is 6.07 Å². The molecule has 0 saturated carbocycles. The molecule has 0 aliphatic rings. The maximum atomic E-state index is 11.8. The van der Waals surface area contributed by atoms with Gasteiger partial charge < -0.3 is 9.84 Å². The van der Waals surface area contributed by atoms with E-state index in [1.807, 2.05) is 0 Å². The third kappa shape index (κ3) is 3.14. The van der Waals surface area contributed by atoms with Crippen molar-refractivity contribution in [1.29, 1.82) is 5.26 Å². The maximum absolute atomic E-state index is 11.8. The lowest BCUT2D eigenvalue weighted by Crippen LogP contribution is -2.17. The van der Waals surface area contributed by atoms with Crippen LogP contribution >= 0.6 is 0 Å². The van der Waals surface area contributed by atoms with Crippen LogP contribution in [0.25, 0.3) is 0 Å². The van der Waals surface area contributed by atoms with Crippen LogP contribution in [0.3, 0.4) is 0 Å². The third-order valence-electron chi connectivity index (χ3n) is 1.61. The summed E-state index contributed by atoms with van der Waals surface area (Å²) in [5.74, 6) is -0.476. The number of hydrogen-bond donors (Lipinski definition) is 1. The number of nitriles is 1. The second-order valence-electron chi connectivity index (χ2n) is 2.64. The van der Waals surface area contributed by atoms with E-state index in [0.717, 1.165) is 12.1 Å². The van der Waals surface area contributed by atoms with Gasteiger partial charge in [0.1, 0.15) is 5.75 Å². The molecule has 0 aromatic heterocycles. The summed E-state index contributed by atoms with van der Waals surface area (Å²) in [6, 6.07) is 4.84. The Kier molecular flexibility index (Phi) is 3.17. The molecule has 0 atom stereocenters. The molecule has 0 saturated heterocycles. The average Bonchev–Trinajstić information content (AvgIpc) is 2.15. The number of ether oxygens (including phenoxy) is 1. The van der Waals surface area contributed by atoms with Gasteiger partial charge >= 0.3 is 6.36 Å². The van der Waals surface area contributed by atoms with Gasteiger partial charge in [0.25, 0.3) is 0 Å². The van der Waals surface area contributed by atoms with E-state index in [9.17, 15) is 13.2 Å². The number of hydrogen-bond acceptors (Lipinski definition) is 3. The molecule has 0 aliphatic heterocycles. The summed E-state index contributed by atoms with van der Waals surface area (Å²) in [7, 11) is 0. The molecular formula is C9H6F3NO2. The monoisotopic (exact) mass is 217 g/mol. The Hall–Kier alpha value is -1.74. The van der Waals surface area contributed by atoms with Crippen LogP contribution in [0, 0.1) is 11.3 Å². The van der Waals surface area contributed by atoms with Crippen molar-refractivity contribution in [2.24, 2.45) is 0 Å². The second kappa shape index (κ2) is 4.19. The minimum Gasteiger partial charge on any atom is -0.406 e. The zero-order valence-electron chi connectivity index (χ0n) is 7.38. The van der Waals surface area contributed by atoms with Gasteiger partial charge in [-0.3, -0.25) is 0 Å². The van der Waals surface area contributed by atoms with Crippen molar-refractivity contribution in [2.75, 3.05) is 0 Å². The molecule has 1 aromatic carbocycles. The van der Waals surface area contributed by atoms with Crippen LogP contribution < -0.4 is 4.74 Å². The summed E-state index contributed by atoms with van der Waals surface area (Å²) in [6.45, 7) is -0.408. The molecule has 1 rings (SSSR count). The second-order valence-corrected chi connectivity index (χ2v) is 2.64. The third-order valence-corrected chi connectivity index (χ3v) is 1.61. The highest BCUT2D eigenvalue weighted by Gasteiger charge is 2.31. The van der Waals surface area contributed by atoms with Gasteiger partial charge in [0.15, 0.2) is 0 Å². The first-order chi connectivity index (χ1) is 6.96. The molecule has 0 fully saturated rings. The first-order valence-electron chi connectivity index (χ1n) is 3.86. The highest BCUT2D eigenvalue weighted by atomic mass is 19.4. The maximum Gasteiger partial charge on any atom is 0.573 e. The summed E-state index contributed by atoms with van der Waals surface area (Å²) in [6.07, 6.45) is -4.78. The van der Waals surface area contributed by atoms with Crippen molar-refractivity contribution < 1.29 is 23.0 Å². The van der Waals surface area contributed by atoms with Crippen LogP contribution in [0.1, 0.15) is 11.1 Å². The largest absolute Gasteiger partial charge is 0.573 e. The Labute approximate surface area is 83.3 Å². The highest BCUT2D eigenvalue weighted by molar-refractivity contribution is 5.42. The lowest BCUT2D eigenvalue weighted by atomic mass is 10.1. The number of benzene rings is 1. The van der Waals surface area contributed by atoms with E-state index >= 15 is 0 Å². The molecule has 1 N–H and O–H groups in total. The van der Waals surface area contributed by atoms with E-state index in [-0.39, 0.29) is 11.1 Å². The fourth-order valence-corrected chi connectivity index (χ4v) is 0.995. The van der Waals surface area contributed by atoms with Gasteiger partial charge in [-0.05, 0) is 17.7 Å². The van der Waals surface area contributed by atoms with Crippen molar-refractivity contribution in [3.8, 4) is 11.8 Å². The number of aliphatic hydroxyl groups excluding tert-OH is 1. The number of halogens is 3. The Morgan fingerprint density at radius 1 is 1.40 bits per heavy atom. The molecule has 80 valence electrons. The summed E-state index contributed by atoms with van der Waals surface area (Å²) >= 11 is 0. The van der Waals surface area contributed by atoms with Gasteiger partial charge in [0, 0.05) is 0 Å². The SMILES string of the molecule is N#Cc1cc(OC(F)(F)F)ccc1CO. The lowest BCUT2D eigenvalue weighted by molar-refractivity contribution is -0.274. The van der Waals surface area contributed by atoms with Gasteiger partial charge in [0.2, 0.25) is 0 Å². The Morgan fingerprint density at radius 2 is 2.07 bits per heavy atom. The molecule has 0 aliphatic carbocycles. The number of nitrogens with zero attached hydrogens (tertiary/aromatic N) is 1. The van der Waals surface area contributed by atoms with Crippen molar-refractivity contribution >= 4 is 0 Å². The molecule has 0 amide bonds. The van der Waals surface area contributed by atoms with Crippen LogP contribution in [0.2, 0.25) is 0 Å². The van der Waals surface area contributed by atoms with E-state index in [1.165, 1.54) is 6.07 Å². The van der Waals surface area contributed by atoms with Crippen LogP contribution in [-0.4, -0.2) is 11.5 Å². The molecule has 0 heterocycles. The van der Waals surface area contributed by atoms with E-state index in [2.05, 4.69) is 4.74 Å². The summed E-state index contributed by atoms with van der Waals surface area (Å²) in [5.41, 5.74) is 0.214. The molecule has 0 unspecified atom stereocenters. The minimum absolute atomic E-state index is 0.0424. The molecular weight excluding hydrogens is 211 g/mol. The van der Waals surface area contributed by atoms with Gasteiger partial charge in [-0.2, -0.15) is 5.26 Å². The molecule has 6 heteroatoms. The average molecular weight is 217 g/mol. The molecule has 15 heavy (non-hydrogen) atoms. The predicted molar refractivity (Wildman–Crippen MR) is 43.8 cm³/mol. The highest BCUT2D eigenvalue weighted by Crippen LogP contribution is 2.24. The zero-order valence-corrected chi connectivity index (χ0v) is 7.38. The van der Waals surface area contributed by atoms with Gasteiger partial charge in [-0.15, -0.1) is 13.2 Å². The molecule has 3 nitrogen and oxygen atoms in total. The Balaban J connectivity index is 3.00. The smallest absolute Gasteiger partial charge is 0.406 e. The van der Waals surface area contributed by atoms with Crippen LogP contribution in [0.5, 0.6) is 5.75 Å². The van der Waals surface area contributed by atoms with Gasteiger partial charge in [-0.1, -0.05) is 6.07 Å². The molecule has 1 aromatic rings. The lowest BCUT2D eigenvalue weighted by Gasteiger charge is -2.09. The van der Waals surface area contributed by atoms with Gasteiger partial charge in [0.05, 0.1) is 18.2 Å². The van der Waals surface area contributed by atoms with E-state index < -0.39 is 18.7 Å². The fraction of sp³-hybridized carbons (Fsp3) is 0.222. The van der Waals surface area contributed by atoms with Crippen molar-refractivity contribution in [3.63, 3.8) is 0 Å². The zero-order chi connectivity index (χ0) is 11.5.